The molecule has 0 aliphatic carbocycles. The maximum atomic E-state index is 11.6. The summed E-state index contributed by atoms with van der Waals surface area (Å²) in [6, 6.07) is 4.83. The maximum Gasteiger partial charge on any atom is 0.258 e. The highest BCUT2D eigenvalue weighted by molar-refractivity contribution is 5.44. The Kier molecular flexibility index (Phi) is 2.39. The molecular formula is C10H11N3O2. The van der Waals surface area contributed by atoms with Gasteiger partial charge in [0.25, 0.3) is 5.56 Å². The summed E-state index contributed by atoms with van der Waals surface area (Å²) < 4.78 is 6.50. The lowest BCUT2D eigenvalue weighted by Gasteiger charge is -2.04. The van der Waals surface area contributed by atoms with E-state index in [9.17, 15) is 4.79 Å². The normalized spacial score (nSPS) is 10.5. The first-order valence-electron chi connectivity index (χ1n) is 4.51. The number of fused-ring (bicyclic) bond motifs is 1. The molecule has 2 heterocycles. The average Bonchev–Trinajstić information content (AvgIpc) is 2.28. The zero-order chi connectivity index (χ0) is 10.8. The molecule has 0 radical (unpaired) electrons. The fourth-order valence-electron chi connectivity index (χ4n) is 1.36. The monoisotopic (exact) mass is 205 g/mol. The summed E-state index contributed by atoms with van der Waals surface area (Å²) in [5.41, 5.74) is 6.42. The van der Waals surface area contributed by atoms with Crippen molar-refractivity contribution in [2.75, 3.05) is 7.11 Å². The van der Waals surface area contributed by atoms with Gasteiger partial charge >= 0.3 is 0 Å². The molecule has 0 spiro atoms. The second kappa shape index (κ2) is 3.70. The number of nitrogens with zero attached hydrogens (tertiary/aromatic N) is 2. The Labute approximate surface area is 86.1 Å². The van der Waals surface area contributed by atoms with Gasteiger partial charge < -0.3 is 10.5 Å². The van der Waals surface area contributed by atoms with Gasteiger partial charge in [-0.1, -0.05) is 0 Å². The molecule has 0 atom stereocenters. The fraction of sp³-hybridized carbons (Fsp3) is 0.200. The van der Waals surface area contributed by atoms with E-state index < -0.39 is 0 Å². The van der Waals surface area contributed by atoms with Gasteiger partial charge in [-0.25, -0.2) is 4.98 Å². The van der Waals surface area contributed by atoms with Crippen LogP contribution in [0.15, 0.2) is 29.2 Å². The van der Waals surface area contributed by atoms with Crippen LogP contribution in [0, 0.1) is 0 Å². The van der Waals surface area contributed by atoms with Crippen molar-refractivity contribution in [3.63, 3.8) is 0 Å². The summed E-state index contributed by atoms with van der Waals surface area (Å²) in [4.78, 5) is 15.8. The van der Waals surface area contributed by atoms with Crippen molar-refractivity contribution < 1.29 is 4.74 Å². The fourth-order valence-corrected chi connectivity index (χ4v) is 1.36. The molecular weight excluding hydrogens is 194 g/mol. The third kappa shape index (κ3) is 1.69. The van der Waals surface area contributed by atoms with Crippen molar-refractivity contribution in [1.29, 1.82) is 0 Å². The Morgan fingerprint density at radius 2 is 2.33 bits per heavy atom. The Morgan fingerprint density at radius 3 is 3.00 bits per heavy atom. The molecule has 0 unspecified atom stereocenters. The first-order valence-corrected chi connectivity index (χ1v) is 4.51. The van der Waals surface area contributed by atoms with Crippen molar-refractivity contribution in [1.82, 2.24) is 9.38 Å². The summed E-state index contributed by atoms with van der Waals surface area (Å²) in [6.07, 6.45) is 1.63. The Balaban J connectivity index is 2.75. The molecule has 5 heteroatoms. The van der Waals surface area contributed by atoms with E-state index in [4.69, 9.17) is 10.5 Å². The minimum Gasteiger partial charge on any atom is -0.497 e. The van der Waals surface area contributed by atoms with E-state index in [0.29, 0.717) is 17.1 Å². The van der Waals surface area contributed by atoms with Crippen LogP contribution in [-0.4, -0.2) is 16.5 Å². The summed E-state index contributed by atoms with van der Waals surface area (Å²) in [5, 5.41) is 0. The number of aromatic nitrogens is 2. The first kappa shape index (κ1) is 9.67. The van der Waals surface area contributed by atoms with Gasteiger partial charge in [0, 0.05) is 24.9 Å². The number of pyridine rings is 1. The number of hydrogen-bond acceptors (Lipinski definition) is 4. The van der Waals surface area contributed by atoms with Crippen molar-refractivity contribution in [2.24, 2.45) is 5.73 Å². The van der Waals surface area contributed by atoms with Gasteiger partial charge in [0.15, 0.2) is 0 Å². The van der Waals surface area contributed by atoms with Gasteiger partial charge in [-0.3, -0.25) is 9.20 Å². The van der Waals surface area contributed by atoms with E-state index in [2.05, 4.69) is 4.98 Å². The van der Waals surface area contributed by atoms with E-state index >= 15 is 0 Å². The van der Waals surface area contributed by atoms with Crippen LogP contribution in [0.2, 0.25) is 0 Å². The number of rotatable bonds is 2. The second-order valence-electron chi connectivity index (χ2n) is 3.08. The number of nitrogens with two attached hydrogens (primary N) is 1. The minimum atomic E-state index is -0.136. The molecule has 0 amide bonds. The first-order chi connectivity index (χ1) is 7.24. The molecule has 0 aliphatic heterocycles. The van der Waals surface area contributed by atoms with Crippen LogP contribution >= 0.6 is 0 Å². The highest BCUT2D eigenvalue weighted by atomic mass is 16.5. The van der Waals surface area contributed by atoms with Crippen LogP contribution in [0.4, 0.5) is 0 Å². The molecule has 0 aliphatic rings. The lowest BCUT2D eigenvalue weighted by atomic mass is 10.3. The van der Waals surface area contributed by atoms with E-state index in [1.54, 1.807) is 25.4 Å². The number of methoxy groups -OCH3 is 1. The molecule has 2 aromatic rings. The van der Waals surface area contributed by atoms with Gasteiger partial charge in [0.2, 0.25) is 0 Å². The highest BCUT2D eigenvalue weighted by Gasteiger charge is 2.01. The molecule has 0 saturated carbocycles. The topological polar surface area (TPSA) is 69.6 Å². The van der Waals surface area contributed by atoms with Crippen molar-refractivity contribution in [3.05, 3.63) is 40.4 Å². The molecule has 2 aromatic heterocycles. The molecule has 0 aromatic carbocycles. The smallest absolute Gasteiger partial charge is 0.258 e. The largest absolute Gasteiger partial charge is 0.497 e. The van der Waals surface area contributed by atoms with Crippen LogP contribution in [0.3, 0.4) is 0 Å². The van der Waals surface area contributed by atoms with E-state index in [-0.39, 0.29) is 12.1 Å². The zero-order valence-corrected chi connectivity index (χ0v) is 8.30. The molecule has 0 fully saturated rings. The Bertz CT molecular complexity index is 543. The standard InChI is InChI=1S/C10H11N3O2/c1-15-8-2-3-13-9(5-8)12-7(6-11)4-10(13)14/h2-5H,6,11H2,1H3. The zero-order valence-electron chi connectivity index (χ0n) is 8.30. The quantitative estimate of drug-likeness (QED) is 0.758. The van der Waals surface area contributed by atoms with Crippen LogP contribution in [0.5, 0.6) is 5.75 Å². The maximum absolute atomic E-state index is 11.6. The van der Waals surface area contributed by atoms with Gasteiger partial charge in [0.05, 0.1) is 12.8 Å². The lowest BCUT2D eigenvalue weighted by molar-refractivity contribution is 0.414. The Morgan fingerprint density at radius 1 is 1.53 bits per heavy atom. The van der Waals surface area contributed by atoms with Crippen LogP contribution in [-0.2, 0) is 6.54 Å². The number of ether oxygens (including phenoxy) is 1. The van der Waals surface area contributed by atoms with E-state index in [1.165, 1.54) is 10.5 Å². The van der Waals surface area contributed by atoms with Gasteiger partial charge in [0.1, 0.15) is 11.4 Å². The van der Waals surface area contributed by atoms with Gasteiger partial charge in [-0.15, -0.1) is 0 Å². The van der Waals surface area contributed by atoms with Crippen LogP contribution in [0.1, 0.15) is 5.69 Å². The molecule has 2 N–H and O–H groups in total. The summed E-state index contributed by atoms with van der Waals surface area (Å²) >= 11 is 0. The van der Waals surface area contributed by atoms with E-state index in [1.807, 2.05) is 0 Å². The highest BCUT2D eigenvalue weighted by Crippen LogP contribution is 2.10. The van der Waals surface area contributed by atoms with Crippen LogP contribution in [0.25, 0.3) is 5.65 Å². The predicted octanol–water partition coefficient (Wildman–Crippen LogP) is 0.162. The Hall–Kier alpha value is -1.88. The summed E-state index contributed by atoms with van der Waals surface area (Å²) in [5.74, 6) is 0.663. The molecule has 2 rings (SSSR count). The molecule has 0 bridgehead atoms. The second-order valence-corrected chi connectivity index (χ2v) is 3.08. The van der Waals surface area contributed by atoms with Crippen LogP contribution < -0.4 is 16.0 Å². The van der Waals surface area contributed by atoms with E-state index in [0.717, 1.165) is 0 Å². The molecule has 5 nitrogen and oxygen atoms in total. The van der Waals surface area contributed by atoms with Crippen molar-refractivity contribution >= 4 is 5.65 Å². The molecule has 78 valence electrons. The average molecular weight is 205 g/mol. The third-order valence-electron chi connectivity index (χ3n) is 2.14. The van der Waals surface area contributed by atoms with Crippen molar-refractivity contribution in [2.45, 2.75) is 6.54 Å². The summed E-state index contributed by atoms with van der Waals surface area (Å²) in [6.45, 7) is 0.253. The minimum absolute atomic E-state index is 0.136. The van der Waals surface area contributed by atoms with Gasteiger partial charge in [-0.05, 0) is 6.07 Å². The predicted molar refractivity (Wildman–Crippen MR) is 55.9 cm³/mol. The SMILES string of the molecule is COc1ccn2c(=O)cc(CN)nc2c1. The van der Waals surface area contributed by atoms with Crippen molar-refractivity contribution in [3.8, 4) is 5.75 Å². The lowest BCUT2D eigenvalue weighted by Crippen LogP contribution is -2.16. The number of hydrogen-bond donors (Lipinski definition) is 1. The molecule has 0 saturated heterocycles. The summed E-state index contributed by atoms with van der Waals surface area (Å²) in [7, 11) is 1.57. The van der Waals surface area contributed by atoms with Gasteiger partial charge in [-0.2, -0.15) is 0 Å². The molecule has 15 heavy (non-hydrogen) atoms. The third-order valence-corrected chi connectivity index (χ3v) is 2.14.